The third-order valence-electron chi connectivity index (χ3n) is 1.72. The normalized spacial score (nSPS) is 11.4. The first-order chi connectivity index (χ1) is 8.19. The van der Waals surface area contributed by atoms with Gasteiger partial charge in [-0.25, -0.2) is 0 Å². The van der Waals surface area contributed by atoms with Gasteiger partial charge in [-0.05, 0) is 20.8 Å². The van der Waals surface area contributed by atoms with Crippen molar-refractivity contribution in [2.75, 3.05) is 18.5 Å². The summed E-state index contributed by atoms with van der Waals surface area (Å²) in [6, 6.07) is 0.377. The van der Waals surface area contributed by atoms with Gasteiger partial charge in [-0.3, -0.25) is 0 Å². The van der Waals surface area contributed by atoms with Crippen LogP contribution in [-0.2, 0) is 0 Å². The molecule has 0 aliphatic rings. The van der Waals surface area contributed by atoms with E-state index < -0.39 is 6.10 Å². The largest absolute Gasteiger partial charge is 0.464 e. The zero-order valence-corrected chi connectivity index (χ0v) is 10.2. The molecule has 6 nitrogen and oxygen atoms in total. The van der Waals surface area contributed by atoms with Gasteiger partial charge in [0.1, 0.15) is 0 Å². The lowest BCUT2D eigenvalue weighted by molar-refractivity contribution is 0.243. The van der Waals surface area contributed by atoms with E-state index in [0.717, 1.165) is 0 Å². The number of hydrogen-bond donors (Lipinski definition) is 1. The van der Waals surface area contributed by atoms with Crippen LogP contribution in [0, 0.1) is 12.3 Å². The molecule has 1 heterocycles. The average molecular weight is 236 g/mol. The third-order valence-corrected chi connectivity index (χ3v) is 1.72. The number of anilines is 1. The minimum atomic E-state index is -0.402. The maximum Gasteiger partial charge on any atom is 0.325 e. The molecule has 0 bridgehead atoms. The van der Waals surface area contributed by atoms with E-state index in [4.69, 9.17) is 15.9 Å². The van der Waals surface area contributed by atoms with Gasteiger partial charge in [0.25, 0.3) is 0 Å². The van der Waals surface area contributed by atoms with Crippen LogP contribution in [0.25, 0.3) is 0 Å². The van der Waals surface area contributed by atoms with Crippen LogP contribution in [0.4, 0.5) is 5.95 Å². The summed E-state index contributed by atoms with van der Waals surface area (Å²) < 4.78 is 10.5. The van der Waals surface area contributed by atoms with E-state index in [9.17, 15) is 0 Å². The molecule has 0 fully saturated rings. The Morgan fingerprint density at radius 1 is 1.29 bits per heavy atom. The molecule has 92 valence electrons. The van der Waals surface area contributed by atoms with Crippen LogP contribution in [-0.4, -0.2) is 34.2 Å². The highest BCUT2D eigenvalue weighted by molar-refractivity contribution is 5.27. The highest BCUT2D eigenvalue weighted by Crippen LogP contribution is 2.13. The van der Waals surface area contributed by atoms with Crippen LogP contribution in [0.15, 0.2) is 0 Å². The fourth-order valence-electron chi connectivity index (χ4n) is 1.01. The molecular weight excluding hydrogens is 220 g/mol. The van der Waals surface area contributed by atoms with Crippen molar-refractivity contribution in [2.45, 2.75) is 26.9 Å². The summed E-state index contributed by atoms with van der Waals surface area (Å²) in [6.45, 7) is 6.69. The van der Waals surface area contributed by atoms with E-state index in [0.29, 0.717) is 19.1 Å². The van der Waals surface area contributed by atoms with Crippen molar-refractivity contribution < 1.29 is 9.47 Å². The summed E-state index contributed by atoms with van der Waals surface area (Å²) in [5.41, 5.74) is 0. The Bertz CT molecular complexity index is 379. The maximum absolute atomic E-state index is 5.32. The van der Waals surface area contributed by atoms with E-state index >= 15 is 0 Å². The second kappa shape index (κ2) is 6.53. The van der Waals surface area contributed by atoms with E-state index in [1.54, 1.807) is 6.92 Å². The summed E-state index contributed by atoms with van der Waals surface area (Å²) in [7, 11) is 0. The molecule has 0 aliphatic heterocycles. The highest BCUT2D eigenvalue weighted by atomic mass is 16.5. The molecule has 0 aromatic carbocycles. The molecule has 1 unspecified atom stereocenters. The number of nitrogens with zero attached hydrogens (tertiary/aromatic N) is 3. The molecule has 0 amide bonds. The van der Waals surface area contributed by atoms with Crippen molar-refractivity contribution >= 4 is 5.95 Å². The Kier molecular flexibility index (Phi) is 5.01. The number of aromatic nitrogens is 3. The number of terminal acetylenes is 1. The van der Waals surface area contributed by atoms with Crippen molar-refractivity contribution in [1.82, 2.24) is 15.0 Å². The fraction of sp³-hybridized carbons (Fsp3) is 0.545. The molecule has 0 saturated carbocycles. The smallest absolute Gasteiger partial charge is 0.325 e. The zero-order valence-electron chi connectivity index (χ0n) is 10.2. The SMILES string of the molecule is C#CC(C)Oc1nc(NCC)nc(OCC)n1. The van der Waals surface area contributed by atoms with Gasteiger partial charge >= 0.3 is 12.0 Å². The first-order valence-electron chi connectivity index (χ1n) is 5.45. The standard InChI is InChI=1S/C11H16N4O2/c1-5-8(4)17-11-14-9(12-6-2)13-10(15-11)16-7-3/h1,8H,6-7H2,2-4H3,(H,12,13,14,15). The molecular formula is C11H16N4O2. The van der Waals surface area contributed by atoms with E-state index in [1.807, 2.05) is 13.8 Å². The van der Waals surface area contributed by atoms with Crippen molar-refractivity contribution in [3.63, 3.8) is 0 Å². The molecule has 1 aromatic rings. The van der Waals surface area contributed by atoms with Gasteiger partial charge in [-0.2, -0.15) is 9.97 Å². The molecule has 0 aliphatic carbocycles. The molecule has 0 saturated heterocycles. The lowest BCUT2D eigenvalue weighted by Crippen LogP contribution is -2.13. The van der Waals surface area contributed by atoms with Gasteiger partial charge in [0, 0.05) is 6.54 Å². The third kappa shape index (κ3) is 4.15. The van der Waals surface area contributed by atoms with Gasteiger partial charge < -0.3 is 14.8 Å². The Morgan fingerprint density at radius 3 is 2.59 bits per heavy atom. The summed E-state index contributed by atoms with van der Waals surface area (Å²) in [4.78, 5) is 12.1. The first-order valence-corrected chi connectivity index (χ1v) is 5.45. The summed E-state index contributed by atoms with van der Waals surface area (Å²) >= 11 is 0. The lowest BCUT2D eigenvalue weighted by Gasteiger charge is -2.10. The van der Waals surface area contributed by atoms with E-state index in [2.05, 4.69) is 26.2 Å². The van der Waals surface area contributed by atoms with Gasteiger partial charge in [0.15, 0.2) is 6.10 Å². The first kappa shape index (κ1) is 13.0. The average Bonchev–Trinajstić information content (AvgIpc) is 2.29. The monoisotopic (exact) mass is 236 g/mol. The zero-order chi connectivity index (χ0) is 12.7. The molecule has 6 heteroatoms. The van der Waals surface area contributed by atoms with Crippen LogP contribution < -0.4 is 14.8 Å². The lowest BCUT2D eigenvalue weighted by atomic mass is 10.4. The number of nitrogens with one attached hydrogen (secondary N) is 1. The molecule has 1 N–H and O–H groups in total. The van der Waals surface area contributed by atoms with Gasteiger partial charge in [-0.15, -0.1) is 11.4 Å². The predicted octanol–water partition coefficient (Wildman–Crippen LogP) is 1.10. The van der Waals surface area contributed by atoms with Crippen molar-refractivity contribution in [3.05, 3.63) is 0 Å². The Morgan fingerprint density at radius 2 is 2.00 bits per heavy atom. The quantitative estimate of drug-likeness (QED) is 0.746. The van der Waals surface area contributed by atoms with Gasteiger partial charge in [-0.1, -0.05) is 5.92 Å². The van der Waals surface area contributed by atoms with Gasteiger partial charge in [0.2, 0.25) is 5.95 Å². The minimum absolute atomic E-state index is 0.157. The molecule has 0 spiro atoms. The van der Waals surface area contributed by atoms with E-state index in [-0.39, 0.29) is 12.0 Å². The van der Waals surface area contributed by atoms with Gasteiger partial charge in [0.05, 0.1) is 6.61 Å². The molecule has 1 atom stereocenters. The number of hydrogen-bond acceptors (Lipinski definition) is 6. The number of rotatable bonds is 6. The van der Waals surface area contributed by atoms with Crippen molar-refractivity contribution in [2.24, 2.45) is 0 Å². The van der Waals surface area contributed by atoms with Crippen molar-refractivity contribution in [3.8, 4) is 24.4 Å². The Hall–Kier alpha value is -2.03. The fourth-order valence-corrected chi connectivity index (χ4v) is 1.01. The summed E-state index contributed by atoms with van der Waals surface area (Å²) in [6.07, 6.45) is 4.82. The second-order valence-electron chi connectivity index (χ2n) is 3.11. The molecule has 17 heavy (non-hydrogen) atoms. The van der Waals surface area contributed by atoms with Crippen LogP contribution in [0.5, 0.6) is 12.0 Å². The molecule has 0 radical (unpaired) electrons. The van der Waals surface area contributed by atoms with E-state index in [1.165, 1.54) is 0 Å². The summed E-state index contributed by atoms with van der Waals surface area (Å²) in [5.74, 6) is 2.84. The summed E-state index contributed by atoms with van der Waals surface area (Å²) in [5, 5.41) is 2.96. The minimum Gasteiger partial charge on any atom is -0.464 e. The Labute approximate surface area is 101 Å². The van der Waals surface area contributed by atoms with Crippen LogP contribution in [0.1, 0.15) is 20.8 Å². The Balaban J connectivity index is 2.91. The molecule has 1 rings (SSSR count). The molecule has 1 aromatic heterocycles. The van der Waals surface area contributed by atoms with Crippen LogP contribution >= 0.6 is 0 Å². The van der Waals surface area contributed by atoms with Crippen molar-refractivity contribution in [1.29, 1.82) is 0 Å². The second-order valence-corrected chi connectivity index (χ2v) is 3.11. The number of ether oxygens (including phenoxy) is 2. The highest BCUT2D eigenvalue weighted by Gasteiger charge is 2.09. The maximum atomic E-state index is 5.32. The predicted molar refractivity (Wildman–Crippen MR) is 64.1 cm³/mol. The van der Waals surface area contributed by atoms with Crippen LogP contribution in [0.3, 0.4) is 0 Å². The van der Waals surface area contributed by atoms with Crippen LogP contribution in [0.2, 0.25) is 0 Å². The topological polar surface area (TPSA) is 69.2 Å².